The Morgan fingerprint density at radius 3 is 2.55 bits per heavy atom. The molecule has 0 aromatic heterocycles. The Kier molecular flexibility index (Phi) is 3.30. The van der Waals surface area contributed by atoms with Crippen molar-refractivity contribution in [2.24, 2.45) is 5.92 Å². The molecule has 1 atom stereocenters. The zero-order valence-corrected chi connectivity index (χ0v) is 7.21. The van der Waals surface area contributed by atoms with Gasteiger partial charge < -0.3 is 15.2 Å². The monoisotopic (exact) mass is 159 g/mol. The molecule has 0 aromatic carbocycles. The first kappa shape index (κ1) is 8.97. The number of hydrogen-bond donors (Lipinski definition) is 2. The summed E-state index contributed by atoms with van der Waals surface area (Å²) in [5.41, 5.74) is 0. The van der Waals surface area contributed by atoms with Crippen LogP contribution in [0.2, 0.25) is 0 Å². The highest BCUT2D eigenvalue weighted by Gasteiger charge is 2.19. The van der Waals surface area contributed by atoms with Crippen molar-refractivity contribution >= 4 is 0 Å². The Hall–Kier alpha value is -0.120. The minimum atomic E-state index is -0.310. The maximum atomic E-state index is 9.35. The first-order valence-electron chi connectivity index (χ1n) is 4.20. The van der Waals surface area contributed by atoms with Crippen LogP contribution in [0, 0.1) is 5.92 Å². The number of rotatable bonds is 4. The van der Waals surface area contributed by atoms with Gasteiger partial charge in [-0.2, -0.15) is 0 Å². The van der Waals surface area contributed by atoms with Crippen LogP contribution in [-0.2, 0) is 4.74 Å². The Bertz CT molecular complexity index is 113. The summed E-state index contributed by atoms with van der Waals surface area (Å²) >= 11 is 0. The average Bonchev–Trinajstić information content (AvgIpc) is 1.83. The molecular formula is C8H17NO2. The van der Waals surface area contributed by atoms with E-state index < -0.39 is 0 Å². The van der Waals surface area contributed by atoms with Gasteiger partial charge in [-0.3, -0.25) is 0 Å². The summed E-state index contributed by atoms with van der Waals surface area (Å²) in [4.78, 5) is 0. The fourth-order valence-corrected chi connectivity index (χ4v) is 0.807. The van der Waals surface area contributed by atoms with E-state index in [9.17, 15) is 5.11 Å². The molecule has 0 aliphatic carbocycles. The van der Waals surface area contributed by atoms with Crippen LogP contribution in [-0.4, -0.2) is 37.0 Å². The van der Waals surface area contributed by atoms with E-state index in [1.807, 2.05) is 13.8 Å². The van der Waals surface area contributed by atoms with Crippen molar-refractivity contribution < 1.29 is 9.84 Å². The first-order valence-corrected chi connectivity index (χ1v) is 4.20. The molecule has 3 heteroatoms. The number of aliphatic hydroxyl groups is 1. The molecule has 3 nitrogen and oxygen atoms in total. The predicted octanol–water partition coefficient (Wildman–Crippen LogP) is -0.00830. The Labute approximate surface area is 67.7 Å². The van der Waals surface area contributed by atoms with Gasteiger partial charge in [0.1, 0.15) is 0 Å². The van der Waals surface area contributed by atoms with Gasteiger partial charge in [0.15, 0.2) is 0 Å². The van der Waals surface area contributed by atoms with Gasteiger partial charge in [0.25, 0.3) is 0 Å². The average molecular weight is 159 g/mol. The number of aliphatic hydroxyl groups excluding tert-OH is 1. The van der Waals surface area contributed by atoms with Crippen LogP contribution in [0.5, 0.6) is 0 Å². The van der Waals surface area contributed by atoms with Crippen LogP contribution in [0.25, 0.3) is 0 Å². The molecule has 0 spiro atoms. The molecule has 1 fully saturated rings. The molecule has 66 valence electrons. The molecule has 1 rings (SSSR count). The Morgan fingerprint density at radius 1 is 1.55 bits per heavy atom. The topological polar surface area (TPSA) is 41.5 Å². The van der Waals surface area contributed by atoms with E-state index in [1.165, 1.54) is 0 Å². The van der Waals surface area contributed by atoms with Crippen molar-refractivity contribution in [1.29, 1.82) is 0 Å². The summed E-state index contributed by atoms with van der Waals surface area (Å²) in [5.74, 6) is 0.294. The van der Waals surface area contributed by atoms with Crippen molar-refractivity contribution in [3.63, 3.8) is 0 Å². The first-order chi connectivity index (χ1) is 5.20. The molecule has 1 heterocycles. The summed E-state index contributed by atoms with van der Waals surface area (Å²) in [7, 11) is 0. The largest absolute Gasteiger partial charge is 0.390 e. The molecule has 0 amide bonds. The molecule has 0 aromatic rings. The highest BCUT2D eigenvalue weighted by Crippen LogP contribution is 2.04. The highest BCUT2D eigenvalue weighted by atomic mass is 16.5. The molecule has 1 aliphatic heterocycles. The second-order valence-electron chi connectivity index (χ2n) is 3.42. The second-order valence-corrected chi connectivity index (χ2v) is 3.42. The SMILES string of the molecule is CC(C)C(O)COC1CNC1. The standard InChI is InChI=1S/C8H17NO2/c1-6(2)8(10)5-11-7-3-9-4-7/h6-10H,3-5H2,1-2H3. The van der Waals surface area contributed by atoms with Gasteiger partial charge in [-0.05, 0) is 5.92 Å². The summed E-state index contributed by atoms with van der Waals surface area (Å²) in [6.45, 7) is 6.33. The van der Waals surface area contributed by atoms with Crippen LogP contribution in [0.15, 0.2) is 0 Å². The molecule has 0 radical (unpaired) electrons. The lowest BCUT2D eigenvalue weighted by atomic mass is 10.1. The van der Waals surface area contributed by atoms with E-state index in [1.54, 1.807) is 0 Å². The summed E-state index contributed by atoms with van der Waals surface area (Å²) in [6, 6.07) is 0. The van der Waals surface area contributed by atoms with Gasteiger partial charge in [-0.25, -0.2) is 0 Å². The number of ether oxygens (including phenoxy) is 1. The fraction of sp³-hybridized carbons (Fsp3) is 1.00. The smallest absolute Gasteiger partial charge is 0.0824 e. The second kappa shape index (κ2) is 4.04. The Balaban J connectivity index is 2.01. The summed E-state index contributed by atoms with van der Waals surface area (Å²) < 4.78 is 5.39. The lowest BCUT2D eigenvalue weighted by Crippen LogP contribution is -2.49. The van der Waals surface area contributed by atoms with E-state index in [0.29, 0.717) is 18.6 Å². The summed E-state index contributed by atoms with van der Waals surface area (Å²) in [6.07, 6.45) is 0.0269. The molecule has 1 unspecified atom stereocenters. The zero-order valence-electron chi connectivity index (χ0n) is 7.21. The molecule has 1 aliphatic rings. The third-order valence-electron chi connectivity index (χ3n) is 2.02. The molecule has 0 bridgehead atoms. The van der Waals surface area contributed by atoms with Crippen molar-refractivity contribution in [3.05, 3.63) is 0 Å². The van der Waals surface area contributed by atoms with Crippen LogP contribution in [0.1, 0.15) is 13.8 Å². The minimum absolute atomic E-state index is 0.294. The maximum Gasteiger partial charge on any atom is 0.0824 e. The van der Waals surface area contributed by atoms with Crippen LogP contribution < -0.4 is 5.32 Å². The maximum absolute atomic E-state index is 9.35. The minimum Gasteiger partial charge on any atom is -0.390 e. The van der Waals surface area contributed by atoms with E-state index in [-0.39, 0.29) is 6.10 Å². The van der Waals surface area contributed by atoms with E-state index in [2.05, 4.69) is 5.32 Å². The van der Waals surface area contributed by atoms with Gasteiger partial charge in [-0.15, -0.1) is 0 Å². The lowest BCUT2D eigenvalue weighted by molar-refractivity contribution is -0.0430. The molecule has 1 saturated heterocycles. The third kappa shape index (κ3) is 2.77. The Morgan fingerprint density at radius 2 is 2.18 bits per heavy atom. The van der Waals surface area contributed by atoms with Crippen molar-refractivity contribution in [1.82, 2.24) is 5.32 Å². The predicted molar refractivity (Wildman–Crippen MR) is 43.5 cm³/mol. The van der Waals surface area contributed by atoms with E-state index >= 15 is 0 Å². The molecule has 2 N–H and O–H groups in total. The summed E-state index contributed by atoms with van der Waals surface area (Å²) in [5, 5.41) is 12.5. The van der Waals surface area contributed by atoms with Gasteiger partial charge in [0.2, 0.25) is 0 Å². The van der Waals surface area contributed by atoms with Crippen molar-refractivity contribution in [2.75, 3.05) is 19.7 Å². The number of nitrogens with one attached hydrogen (secondary N) is 1. The van der Waals surface area contributed by atoms with Crippen LogP contribution >= 0.6 is 0 Å². The highest BCUT2D eigenvalue weighted by molar-refractivity contribution is 4.75. The van der Waals surface area contributed by atoms with Crippen molar-refractivity contribution in [3.8, 4) is 0 Å². The van der Waals surface area contributed by atoms with Gasteiger partial charge in [0.05, 0.1) is 18.8 Å². The third-order valence-corrected chi connectivity index (χ3v) is 2.02. The van der Waals surface area contributed by atoms with Crippen molar-refractivity contribution in [2.45, 2.75) is 26.1 Å². The van der Waals surface area contributed by atoms with E-state index in [4.69, 9.17) is 4.74 Å². The van der Waals surface area contributed by atoms with Gasteiger partial charge in [-0.1, -0.05) is 13.8 Å². The van der Waals surface area contributed by atoms with Gasteiger partial charge >= 0.3 is 0 Å². The normalized spacial score (nSPS) is 21.8. The zero-order chi connectivity index (χ0) is 8.27. The van der Waals surface area contributed by atoms with Crippen LogP contribution in [0.4, 0.5) is 0 Å². The van der Waals surface area contributed by atoms with Crippen LogP contribution in [0.3, 0.4) is 0 Å². The van der Waals surface area contributed by atoms with E-state index in [0.717, 1.165) is 13.1 Å². The van der Waals surface area contributed by atoms with Gasteiger partial charge in [0, 0.05) is 13.1 Å². The fourth-order valence-electron chi connectivity index (χ4n) is 0.807. The molecular weight excluding hydrogens is 142 g/mol. The molecule has 0 saturated carbocycles. The molecule has 11 heavy (non-hydrogen) atoms. The number of hydrogen-bond acceptors (Lipinski definition) is 3. The lowest BCUT2D eigenvalue weighted by Gasteiger charge is -2.28. The quantitative estimate of drug-likeness (QED) is 0.606.